The summed E-state index contributed by atoms with van der Waals surface area (Å²) in [4.78, 5) is 50.8. The van der Waals surface area contributed by atoms with Crippen LogP contribution in [-0.4, -0.2) is 51.8 Å². The fourth-order valence-electron chi connectivity index (χ4n) is 4.39. The van der Waals surface area contributed by atoms with Crippen molar-refractivity contribution in [1.29, 1.82) is 0 Å². The zero-order valence-electron chi connectivity index (χ0n) is 18.8. The standard InChI is InChI=1S/C22H33N3O5/c1-7-9-22(10-8-2)20(28)24(21(29)23-22)12-19(27)30-13-18(26)17-11-15(5)25(14(3)4)16(17)6/h11,14H,7-10,12-13H2,1-6H3,(H,23,29). The summed E-state index contributed by atoms with van der Waals surface area (Å²) in [7, 11) is 0. The first-order valence-electron chi connectivity index (χ1n) is 10.6. The Hall–Kier alpha value is -2.64. The molecule has 0 radical (unpaired) electrons. The van der Waals surface area contributed by atoms with Crippen LogP contribution in [0.5, 0.6) is 0 Å². The van der Waals surface area contributed by atoms with Crippen LogP contribution in [0.2, 0.25) is 0 Å². The molecule has 0 aromatic carbocycles. The quantitative estimate of drug-likeness (QED) is 0.356. The van der Waals surface area contributed by atoms with E-state index in [-0.39, 0.29) is 11.8 Å². The molecule has 1 fully saturated rings. The molecule has 0 unspecified atom stereocenters. The van der Waals surface area contributed by atoms with Crippen LogP contribution in [0.25, 0.3) is 0 Å². The minimum Gasteiger partial charge on any atom is -0.456 e. The Morgan fingerprint density at radius 1 is 1.13 bits per heavy atom. The highest BCUT2D eigenvalue weighted by Crippen LogP contribution is 2.28. The van der Waals surface area contributed by atoms with E-state index in [1.807, 2.05) is 46.1 Å². The first-order valence-corrected chi connectivity index (χ1v) is 10.6. The number of carbonyl (C=O) groups excluding carboxylic acids is 4. The van der Waals surface area contributed by atoms with E-state index in [9.17, 15) is 19.2 Å². The number of hydrogen-bond acceptors (Lipinski definition) is 5. The lowest BCUT2D eigenvalue weighted by Gasteiger charge is -2.25. The number of nitrogens with one attached hydrogen (secondary N) is 1. The average Bonchev–Trinajstić information content (AvgIpc) is 3.08. The van der Waals surface area contributed by atoms with Crippen LogP contribution in [0, 0.1) is 13.8 Å². The van der Waals surface area contributed by atoms with Gasteiger partial charge in [0.2, 0.25) is 5.78 Å². The number of amides is 3. The van der Waals surface area contributed by atoms with Crippen molar-refractivity contribution in [2.45, 2.75) is 78.8 Å². The Morgan fingerprint density at radius 3 is 2.23 bits per heavy atom. The van der Waals surface area contributed by atoms with E-state index in [2.05, 4.69) is 5.32 Å². The van der Waals surface area contributed by atoms with Crippen LogP contribution in [0.4, 0.5) is 4.79 Å². The maximum Gasteiger partial charge on any atom is 0.326 e. The molecule has 0 saturated carbocycles. The molecule has 2 heterocycles. The summed E-state index contributed by atoms with van der Waals surface area (Å²) in [5, 5.41) is 2.75. The molecule has 30 heavy (non-hydrogen) atoms. The maximum absolute atomic E-state index is 12.8. The molecule has 1 aromatic heterocycles. The summed E-state index contributed by atoms with van der Waals surface area (Å²) in [6.45, 7) is 10.8. The summed E-state index contributed by atoms with van der Waals surface area (Å²) in [5.74, 6) is -1.50. The number of aryl methyl sites for hydroxylation is 1. The van der Waals surface area contributed by atoms with E-state index in [1.54, 1.807) is 6.07 Å². The Balaban J connectivity index is 2.01. The number of esters is 1. The summed E-state index contributed by atoms with van der Waals surface area (Å²) >= 11 is 0. The number of nitrogens with zero attached hydrogens (tertiary/aromatic N) is 2. The van der Waals surface area contributed by atoms with Gasteiger partial charge in [-0.3, -0.25) is 19.3 Å². The van der Waals surface area contributed by atoms with Crippen LogP contribution in [0.15, 0.2) is 6.07 Å². The second-order valence-corrected chi connectivity index (χ2v) is 8.24. The van der Waals surface area contributed by atoms with E-state index < -0.39 is 36.6 Å². The number of ether oxygens (including phenoxy) is 1. The highest BCUT2D eigenvalue weighted by molar-refractivity contribution is 6.08. The van der Waals surface area contributed by atoms with E-state index >= 15 is 0 Å². The number of aromatic nitrogens is 1. The smallest absolute Gasteiger partial charge is 0.326 e. The number of ketones is 1. The van der Waals surface area contributed by atoms with Crippen LogP contribution < -0.4 is 5.32 Å². The molecule has 1 aromatic rings. The van der Waals surface area contributed by atoms with Gasteiger partial charge in [-0.25, -0.2) is 4.79 Å². The van der Waals surface area contributed by atoms with E-state index in [0.29, 0.717) is 18.4 Å². The van der Waals surface area contributed by atoms with Gasteiger partial charge in [0.15, 0.2) is 6.61 Å². The molecule has 0 bridgehead atoms. The van der Waals surface area contributed by atoms with Crippen molar-refractivity contribution < 1.29 is 23.9 Å². The van der Waals surface area contributed by atoms with Gasteiger partial charge in [-0.2, -0.15) is 0 Å². The fourth-order valence-corrected chi connectivity index (χ4v) is 4.39. The van der Waals surface area contributed by atoms with Gasteiger partial charge in [-0.1, -0.05) is 26.7 Å². The minimum atomic E-state index is -0.953. The van der Waals surface area contributed by atoms with Gasteiger partial charge in [-0.15, -0.1) is 0 Å². The van der Waals surface area contributed by atoms with Gasteiger partial charge in [-0.05, 0) is 46.6 Å². The van der Waals surface area contributed by atoms with Crippen molar-refractivity contribution in [3.05, 3.63) is 23.0 Å². The Labute approximate surface area is 177 Å². The minimum absolute atomic E-state index is 0.209. The topological polar surface area (TPSA) is 97.7 Å². The molecular formula is C22H33N3O5. The molecule has 8 heteroatoms. The molecule has 0 atom stereocenters. The highest BCUT2D eigenvalue weighted by atomic mass is 16.5. The van der Waals surface area contributed by atoms with Crippen LogP contribution in [0.1, 0.15) is 81.2 Å². The molecule has 0 aliphatic carbocycles. The largest absolute Gasteiger partial charge is 0.456 e. The highest BCUT2D eigenvalue weighted by Gasteiger charge is 2.50. The van der Waals surface area contributed by atoms with Gasteiger partial charge in [0.1, 0.15) is 12.1 Å². The molecular weight excluding hydrogens is 386 g/mol. The molecule has 1 N–H and O–H groups in total. The number of Topliss-reactive ketones (excluding diaryl/α,β-unsaturated/α-hetero) is 1. The summed E-state index contributed by atoms with van der Waals surface area (Å²) in [5.41, 5.74) is 1.33. The molecule has 2 rings (SSSR count). The van der Waals surface area contributed by atoms with Gasteiger partial charge in [0.25, 0.3) is 5.91 Å². The SMILES string of the molecule is CCCC1(CCC)NC(=O)N(CC(=O)OCC(=O)c2cc(C)n(C(C)C)c2C)C1=O. The van der Waals surface area contributed by atoms with E-state index in [0.717, 1.165) is 29.1 Å². The third kappa shape index (κ3) is 4.57. The number of carbonyl (C=O) groups is 4. The third-order valence-electron chi connectivity index (χ3n) is 5.55. The monoisotopic (exact) mass is 419 g/mol. The van der Waals surface area contributed by atoms with Crippen LogP contribution >= 0.6 is 0 Å². The van der Waals surface area contributed by atoms with Gasteiger partial charge >= 0.3 is 12.0 Å². The molecule has 1 saturated heterocycles. The molecule has 1 aliphatic rings. The normalized spacial score (nSPS) is 15.6. The first-order chi connectivity index (χ1) is 14.1. The summed E-state index contributed by atoms with van der Waals surface area (Å²) < 4.78 is 7.14. The first kappa shape index (κ1) is 23.6. The second kappa shape index (κ2) is 9.45. The maximum atomic E-state index is 12.8. The molecule has 166 valence electrons. The number of imide groups is 1. The van der Waals surface area contributed by atoms with Crippen molar-refractivity contribution in [2.24, 2.45) is 0 Å². The lowest BCUT2D eigenvalue weighted by Crippen LogP contribution is -2.47. The molecule has 1 aliphatic heterocycles. The third-order valence-corrected chi connectivity index (χ3v) is 5.55. The van der Waals surface area contributed by atoms with Crippen LogP contribution in [0.3, 0.4) is 0 Å². The van der Waals surface area contributed by atoms with Crippen molar-refractivity contribution >= 4 is 23.7 Å². The lowest BCUT2D eigenvalue weighted by molar-refractivity contribution is -0.147. The van der Waals surface area contributed by atoms with Crippen molar-refractivity contribution in [2.75, 3.05) is 13.2 Å². The van der Waals surface area contributed by atoms with Crippen molar-refractivity contribution in [3.63, 3.8) is 0 Å². The second-order valence-electron chi connectivity index (χ2n) is 8.24. The zero-order chi connectivity index (χ0) is 22.6. The predicted octanol–water partition coefficient (Wildman–Crippen LogP) is 3.30. The molecule has 0 spiro atoms. The molecule has 8 nitrogen and oxygen atoms in total. The number of urea groups is 1. The molecule has 3 amide bonds. The average molecular weight is 420 g/mol. The van der Waals surface area contributed by atoms with E-state index in [4.69, 9.17) is 4.74 Å². The Morgan fingerprint density at radius 2 is 1.73 bits per heavy atom. The Kier molecular flexibility index (Phi) is 7.44. The number of hydrogen-bond donors (Lipinski definition) is 1. The van der Waals surface area contributed by atoms with Crippen LogP contribution in [-0.2, 0) is 14.3 Å². The summed E-state index contributed by atoms with van der Waals surface area (Å²) in [6.07, 6.45) is 2.49. The lowest BCUT2D eigenvalue weighted by atomic mass is 9.88. The van der Waals surface area contributed by atoms with Gasteiger partial charge in [0.05, 0.1) is 0 Å². The van der Waals surface area contributed by atoms with Gasteiger partial charge < -0.3 is 14.6 Å². The van der Waals surface area contributed by atoms with Crippen molar-refractivity contribution in [3.8, 4) is 0 Å². The number of rotatable bonds is 10. The van der Waals surface area contributed by atoms with Crippen molar-refractivity contribution in [1.82, 2.24) is 14.8 Å². The zero-order valence-corrected chi connectivity index (χ0v) is 18.8. The Bertz CT molecular complexity index is 834. The summed E-state index contributed by atoms with van der Waals surface area (Å²) in [6, 6.07) is 1.40. The van der Waals surface area contributed by atoms with E-state index in [1.165, 1.54) is 0 Å². The predicted molar refractivity (Wildman–Crippen MR) is 112 cm³/mol. The van der Waals surface area contributed by atoms with Gasteiger partial charge in [0, 0.05) is 23.0 Å². The fraction of sp³-hybridized carbons (Fsp3) is 0.636.